The Hall–Kier alpha value is -2.23. The number of nitrogens with two attached hydrogens (primary N) is 1. The van der Waals surface area contributed by atoms with Crippen LogP contribution in [-0.4, -0.2) is 17.6 Å². The van der Waals surface area contributed by atoms with Crippen LogP contribution in [0.5, 0.6) is 5.75 Å². The highest BCUT2D eigenvalue weighted by atomic mass is 16.5. The van der Waals surface area contributed by atoms with E-state index in [1.54, 1.807) is 7.11 Å². The third kappa shape index (κ3) is 4.85. The summed E-state index contributed by atoms with van der Waals surface area (Å²) in [5, 5.41) is 0. The van der Waals surface area contributed by atoms with E-state index in [2.05, 4.69) is 18.4 Å². The van der Waals surface area contributed by atoms with Crippen LogP contribution < -0.4 is 10.5 Å². The summed E-state index contributed by atoms with van der Waals surface area (Å²) in [4.78, 5) is 12.5. The molecule has 0 saturated heterocycles. The van der Waals surface area contributed by atoms with Crippen molar-refractivity contribution < 1.29 is 9.53 Å². The van der Waals surface area contributed by atoms with Crippen molar-refractivity contribution in [3.8, 4) is 16.9 Å². The van der Waals surface area contributed by atoms with E-state index in [4.69, 9.17) is 10.5 Å². The van der Waals surface area contributed by atoms with Crippen LogP contribution in [0, 0.1) is 12.8 Å². The lowest BCUT2D eigenvalue weighted by molar-refractivity contribution is 0.1000. The molecule has 4 heteroatoms. The molecule has 1 aromatic carbocycles. The minimum Gasteiger partial charge on any atom is -0.497 e. The maximum absolute atomic E-state index is 12.5. The summed E-state index contributed by atoms with van der Waals surface area (Å²) in [5.41, 5.74) is 11.0. The Morgan fingerprint density at radius 3 is 2.41 bits per heavy atom. The maximum atomic E-state index is 12.5. The molecular weight excluding hydrogens is 360 g/mol. The van der Waals surface area contributed by atoms with Crippen molar-refractivity contribution in [1.82, 2.24) is 4.57 Å². The first kappa shape index (κ1) is 21.5. The number of rotatable bonds is 9. The van der Waals surface area contributed by atoms with Gasteiger partial charge in [-0.2, -0.15) is 0 Å². The van der Waals surface area contributed by atoms with Crippen LogP contribution in [0.3, 0.4) is 0 Å². The zero-order valence-electron chi connectivity index (χ0n) is 18.3. The first-order valence-electron chi connectivity index (χ1n) is 11.2. The SMILES string of the molecule is CCCCCc1c(-c2ccc(OC)cc2)c(C(N)=O)c(C)n1CC1CCCCC1. The molecule has 1 aliphatic carbocycles. The molecule has 1 amide bonds. The summed E-state index contributed by atoms with van der Waals surface area (Å²) in [7, 11) is 1.67. The number of nitrogens with zero attached hydrogens (tertiary/aromatic N) is 1. The molecule has 1 aliphatic rings. The lowest BCUT2D eigenvalue weighted by Gasteiger charge is -2.24. The van der Waals surface area contributed by atoms with Gasteiger partial charge in [0.25, 0.3) is 5.91 Å². The largest absolute Gasteiger partial charge is 0.497 e. The average molecular weight is 397 g/mol. The van der Waals surface area contributed by atoms with Crippen LogP contribution in [0.25, 0.3) is 11.1 Å². The van der Waals surface area contributed by atoms with Crippen molar-refractivity contribution in [3.63, 3.8) is 0 Å². The van der Waals surface area contributed by atoms with E-state index in [-0.39, 0.29) is 5.91 Å². The average Bonchev–Trinajstić information content (AvgIpc) is 3.01. The van der Waals surface area contributed by atoms with Crippen LogP contribution in [0.1, 0.15) is 80.0 Å². The van der Waals surface area contributed by atoms with E-state index >= 15 is 0 Å². The minimum atomic E-state index is -0.326. The smallest absolute Gasteiger partial charge is 0.251 e. The Kier molecular flexibility index (Phi) is 7.40. The number of carbonyl (C=O) groups is 1. The quantitative estimate of drug-likeness (QED) is 0.538. The molecule has 0 bridgehead atoms. The summed E-state index contributed by atoms with van der Waals surface area (Å²) in [6, 6.07) is 8.02. The van der Waals surface area contributed by atoms with Gasteiger partial charge in [0.05, 0.1) is 12.7 Å². The number of aromatic nitrogens is 1. The van der Waals surface area contributed by atoms with Crippen molar-refractivity contribution in [3.05, 3.63) is 41.2 Å². The molecule has 4 nitrogen and oxygen atoms in total. The molecule has 1 saturated carbocycles. The lowest BCUT2D eigenvalue weighted by atomic mass is 9.89. The van der Waals surface area contributed by atoms with E-state index in [1.165, 1.54) is 50.6 Å². The molecule has 0 unspecified atom stereocenters. The third-order valence-electron chi connectivity index (χ3n) is 6.44. The Morgan fingerprint density at radius 2 is 1.83 bits per heavy atom. The fraction of sp³-hybridized carbons (Fsp3) is 0.560. The topological polar surface area (TPSA) is 57.2 Å². The highest BCUT2D eigenvalue weighted by molar-refractivity contribution is 6.02. The molecular formula is C25H36N2O2. The maximum Gasteiger partial charge on any atom is 0.251 e. The zero-order chi connectivity index (χ0) is 20.8. The molecule has 2 N–H and O–H groups in total. The van der Waals surface area contributed by atoms with Crippen LogP contribution in [0.15, 0.2) is 24.3 Å². The van der Waals surface area contributed by atoms with E-state index in [0.29, 0.717) is 11.5 Å². The Labute approximate surface area is 175 Å². The number of unbranched alkanes of at least 4 members (excludes halogenated alkanes) is 2. The summed E-state index contributed by atoms with van der Waals surface area (Å²) >= 11 is 0. The molecule has 29 heavy (non-hydrogen) atoms. The summed E-state index contributed by atoms with van der Waals surface area (Å²) in [6.45, 7) is 5.30. The number of amides is 1. The molecule has 1 aromatic heterocycles. The molecule has 158 valence electrons. The molecule has 2 aromatic rings. The summed E-state index contributed by atoms with van der Waals surface area (Å²) in [6.07, 6.45) is 11.1. The molecule has 3 rings (SSSR count). The highest BCUT2D eigenvalue weighted by Crippen LogP contribution is 2.36. The van der Waals surface area contributed by atoms with Gasteiger partial charge in [-0.3, -0.25) is 4.79 Å². The molecule has 0 aliphatic heterocycles. The number of carbonyl (C=O) groups excluding carboxylic acids is 1. The van der Waals surface area contributed by atoms with E-state index in [9.17, 15) is 4.79 Å². The number of methoxy groups -OCH3 is 1. The van der Waals surface area contributed by atoms with E-state index in [0.717, 1.165) is 42.0 Å². The van der Waals surface area contributed by atoms with E-state index < -0.39 is 0 Å². The van der Waals surface area contributed by atoms with Gasteiger partial charge in [-0.25, -0.2) is 0 Å². The second-order valence-corrected chi connectivity index (χ2v) is 8.45. The first-order chi connectivity index (χ1) is 14.1. The lowest BCUT2D eigenvalue weighted by Crippen LogP contribution is -2.18. The van der Waals surface area contributed by atoms with Crippen LogP contribution in [-0.2, 0) is 13.0 Å². The summed E-state index contributed by atoms with van der Waals surface area (Å²) < 4.78 is 7.75. The number of primary amides is 1. The van der Waals surface area contributed by atoms with Crippen molar-refractivity contribution >= 4 is 5.91 Å². The first-order valence-corrected chi connectivity index (χ1v) is 11.2. The Morgan fingerprint density at radius 1 is 1.14 bits per heavy atom. The predicted molar refractivity (Wildman–Crippen MR) is 119 cm³/mol. The van der Waals surface area contributed by atoms with Crippen LogP contribution >= 0.6 is 0 Å². The zero-order valence-corrected chi connectivity index (χ0v) is 18.3. The predicted octanol–water partition coefficient (Wildman–Crippen LogP) is 5.88. The van der Waals surface area contributed by atoms with Gasteiger partial charge in [-0.1, -0.05) is 51.2 Å². The fourth-order valence-electron chi connectivity index (χ4n) is 4.85. The second-order valence-electron chi connectivity index (χ2n) is 8.45. The van der Waals surface area contributed by atoms with Gasteiger partial charge < -0.3 is 15.0 Å². The minimum absolute atomic E-state index is 0.326. The molecule has 0 radical (unpaired) electrons. The van der Waals surface area contributed by atoms with Crippen molar-refractivity contribution in [2.75, 3.05) is 7.11 Å². The normalized spacial score (nSPS) is 14.9. The Bertz CT molecular complexity index is 814. The van der Waals surface area contributed by atoms with Crippen LogP contribution in [0.2, 0.25) is 0 Å². The van der Waals surface area contributed by atoms with E-state index in [1.807, 2.05) is 24.3 Å². The van der Waals surface area contributed by atoms with Crippen molar-refractivity contribution in [2.24, 2.45) is 11.7 Å². The van der Waals surface area contributed by atoms with Gasteiger partial charge in [0.1, 0.15) is 5.75 Å². The second kappa shape index (κ2) is 10.00. The van der Waals surface area contributed by atoms with Crippen LogP contribution in [0.4, 0.5) is 0 Å². The van der Waals surface area contributed by atoms with Gasteiger partial charge in [0.2, 0.25) is 0 Å². The molecule has 1 fully saturated rings. The molecule has 0 spiro atoms. The number of benzene rings is 1. The van der Waals surface area contributed by atoms with Crippen molar-refractivity contribution in [1.29, 1.82) is 0 Å². The Balaban J connectivity index is 2.08. The highest BCUT2D eigenvalue weighted by Gasteiger charge is 2.26. The van der Waals surface area contributed by atoms with Gasteiger partial charge >= 0.3 is 0 Å². The van der Waals surface area contributed by atoms with Gasteiger partial charge in [0.15, 0.2) is 0 Å². The molecule has 0 atom stereocenters. The van der Waals surface area contributed by atoms with Gasteiger partial charge in [0, 0.05) is 23.5 Å². The van der Waals surface area contributed by atoms with Gasteiger partial charge in [-0.05, 0) is 56.2 Å². The van der Waals surface area contributed by atoms with Crippen molar-refractivity contribution in [2.45, 2.75) is 78.2 Å². The number of hydrogen-bond donors (Lipinski definition) is 1. The molecule has 1 heterocycles. The standard InChI is InChI=1S/C25H36N2O2/c1-4-5-7-12-22-24(20-13-15-21(29-3)16-14-20)23(25(26)28)18(2)27(22)17-19-10-8-6-9-11-19/h13-16,19H,4-12,17H2,1-3H3,(H2,26,28). The fourth-order valence-corrected chi connectivity index (χ4v) is 4.85. The number of hydrogen-bond acceptors (Lipinski definition) is 2. The van der Waals surface area contributed by atoms with Gasteiger partial charge in [-0.15, -0.1) is 0 Å². The third-order valence-corrected chi connectivity index (χ3v) is 6.44. The summed E-state index contributed by atoms with van der Waals surface area (Å²) in [5.74, 6) is 1.19. The monoisotopic (exact) mass is 396 g/mol. The number of ether oxygens (including phenoxy) is 1.